The smallest absolute Gasteiger partial charge is 0.240 e. The molecule has 0 aromatic heterocycles. The zero-order valence-corrected chi connectivity index (χ0v) is 13.0. The molecule has 0 saturated heterocycles. The number of aliphatic imine (C=N–C) groups is 1. The quantitative estimate of drug-likeness (QED) is 0.535. The Labute approximate surface area is 125 Å². The minimum atomic E-state index is -3.42. The number of rotatable bonds is 6. The Morgan fingerprint density at radius 3 is 2.81 bits per heavy atom. The minimum Gasteiger partial charge on any atom is -0.370 e. The first-order valence-corrected chi connectivity index (χ1v) is 8.56. The molecule has 0 unspecified atom stereocenters. The van der Waals surface area contributed by atoms with Crippen LogP contribution in [-0.2, 0) is 16.6 Å². The lowest BCUT2D eigenvalue weighted by atomic mass is 9.85. The van der Waals surface area contributed by atoms with Crippen LogP contribution >= 0.6 is 0 Å². The Morgan fingerprint density at radius 2 is 2.19 bits per heavy atom. The van der Waals surface area contributed by atoms with Crippen molar-refractivity contribution in [1.82, 2.24) is 10.0 Å². The van der Waals surface area contributed by atoms with Crippen LogP contribution in [0.5, 0.6) is 0 Å². The van der Waals surface area contributed by atoms with Crippen LogP contribution in [0.15, 0.2) is 34.2 Å². The van der Waals surface area contributed by atoms with Crippen LogP contribution in [0.4, 0.5) is 0 Å². The van der Waals surface area contributed by atoms with E-state index in [0.717, 1.165) is 12.1 Å². The molecule has 1 aliphatic rings. The summed E-state index contributed by atoms with van der Waals surface area (Å²) in [5.74, 6) is 1.12. The number of hydrogen-bond acceptors (Lipinski definition) is 3. The monoisotopic (exact) mass is 310 g/mol. The van der Waals surface area contributed by atoms with E-state index in [2.05, 4.69) is 15.0 Å². The molecule has 0 aliphatic heterocycles. The number of sulfonamides is 1. The highest BCUT2D eigenvalue weighted by Gasteiger charge is 2.16. The molecule has 0 amide bonds. The van der Waals surface area contributed by atoms with Gasteiger partial charge in [-0.1, -0.05) is 18.6 Å². The van der Waals surface area contributed by atoms with Crippen molar-refractivity contribution in [3.05, 3.63) is 29.8 Å². The molecule has 7 heteroatoms. The second-order valence-electron chi connectivity index (χ2n) is 5.23. The Morgan fingerprint density at radius 1 is 1.43 bits per heavy atom. The summed E-state index contributed by atoms with van der Waals surface area (Å²) in [5, 5.41) is 3.11. The van der Waals surface area contributed by atoms with Crippen LogP contribution in [0.3, 0.4) is 0 Å². The molecular formula is C14H22N4O2S. The van der Waals surface area contributed by atoms with Crippen molar-refractivity contribution in [3.63, 3.8) is 0 Å². The van der Waals surface area contributed by atoms with E-state index in [0.29, 0.717) is 18.4 Å². The zero-order valence-electron chi connectivity index (χ0n) is 12.2. The summed E-state index contributed by atoms with van der Waals surface area (Å²) < 4.78 is 25.7. The predicted octanol–water partition coefficient (Wildman–Crippen LogP) is 0.799. The standard InChI is InChI=1S/C14H22N4O2S/c1-16-21(19,20)13-7-3-6-12(8-13)10-18-14(15)17-9-11-4-2-5-11/h3,6-8,11,16H,2,4-5,9-10H2,1H3,(H3,15,17,18). The molecule has 0 spiro atoms. The van der Waals surface area contributed by atoms with Crippen LogP contribution in [0.1, 0.15) is 24.8 Å². The van der Waals surface area contributed by atoms with Crippen LogP contribution in [-0.4, -0.2) is 28.0 Å². The Bertz CT molecular complexity index is 609. The van der Waals surface area contributed by atoms with Crippen molar-refractivity contribution in [2.45, 2.75) is 30.7 Å². The first-order valence-electron chi connectivity index (χ1n) is 7.07. The topological polar surface area (TPSA) is 96.6 Å². The molecule has 21 heavy (non-hydrogen) atoms. The van der Waals surface area contributed by atoms with Crippen LogP contribution < -0.4 is 15.8 Å². The molecule has 1 aromatic rings. The van der Waals surface area contributed by atoms with Crippen molar-refractivity contribution >= 4 is 16.0 Å². The van der Waals surface area contributed by atoms with Gasteiger partial charge in [-0.3, -0.25) is 0 Å². The molecule has 4 N–H and O–H groups in total. The number of nitrogens with one attached hydrogen (secondary N) is 2. The predicted molar refractivity (Wildman–Crippen MR) is 83.4 cm³/mol. The van der Waals surface area contributed by atoms with Crippen LogP contribution in [0.25, 0.3) is 0 Å². The van der Waals surface area contributed by atoms with Gasteiger partial charge >= 0.3 is 0 Å². The largest absolute Gasteiger partial charge is 0.370 e. The summed E-state index contributed by atoms with van der Waals surface area (Å²) in [6, 6.07) is 6.69. The van der Waals surface area contributed by atoms with Gasteiger partial charge in [0, 0.05) is 6.54 Å². The van der Waals surface area contributed by atoms with E-state index < -0.39 is 10.0 Å². The van der Waals surface area contributed by atoms with E-state index >= 15 is 0 Å². The van der Waals surface area contributed by atoms with Gasteiger partial charge in [0.25, 0.3) is 0 Å². The summed E-state index contributed by atoms with van der Waals surface area (Å²) in [6.45, 7) is 1.22. The highest BCUT2D eigenvalue weighted by Crippen LogP contribution is 2.24. The Balaban J connectivity index is 1.94. The maximum absolute atomic E-state index is 11.7. The second-order valence-corrected chi connectivity index (χ2v) is 7.12. The lowest BCUT2D eigenvalue weighted by Gasteiger charge is -2.25. The fraction of sp³-hybridized carbons (Fsp3) is 0.500. The van der Waals surface area contributed by atoms with Crippen molar-refractivity contribution in [3.8, 4) is 0 Å². The van der Waals surface area contributed by atoms with Crippen molar-refractivity contribution in [1.29, 1.82) is 0 Å². The second kappa shape index (κ2) is 6.91. The number of hydrogen-bond donors (Lipinski definition) is 3. The highest BCUT2D eigenvalue weighted by molar-refractivity contribution is 7.89. The van der Waals surface area contributed by atoms with E-state index in [-0.39, 0.29) is 4.90 Å². The first kappa shape index (κ1) is 15.8. The fourth-order valence-electron chi connectivity index (χ4n) is 2.11. The SMILES string of the molecule is CNS(=O)(=O)c1cccc(CN=C(N)NCC2CCC2)c1. The number of guanidine groups is 1. The molecule has 1 aromatic carbocycles. The van der Waals surface area contributed by atoms with Gasteiger partial charge in [-0.15, -0.1) is 0 Å². The van der Waals surface area contributed by atoms with E-state index in [1.807, 2.05) is 6.07 Å². The summed E-state index contributed by atoms with van der Waals surface area (Å²) in [6.07, 6.45) is 3.81. The van der Waals surface area contributed by atoms with Gasteiger partial charge in [0.1, 0.15) is 0 Å². The molecular weight excluding hydrogens is 288 g/mol. The Kier molecular flexibility index (Phi) is 5.19. The van der Waals surface area contributed by atoms with Crippen molar-refractivity contribution < 1.29 is 8.42 Å². The first-order chi connectivity index (χ1) is 10.0. The van der Waals surface area contributed by atoms with Gasteiger partial charge in [-0.25, -0.2) is 18.1 Å². The molecule has 1 saturated carbocycles. The lowest BCUT2D eigenvalue weighted by molar-refractivity contribution is 0.315. The summed E-state index contributed by atoms with van der Waals surface area (Å²) in [4.78, 5) is 4.48. The molecule has 2 rings (SSSR count). The highest BCUT2D eigenvalue weighted by atomic mass is 32.2. The maximum atomic E-state index is 11.7. The third-order valence-corrected chi connectivity index (χ3v) is 5.12. The molecule has 0 heterocycles. The fourth-order valence-corrected chi connectivity index (χ4v) is 2.91. The third-order valence-electron chi connectivity index (χ3n) is 3.71. The molecule has 0 radical (unpaired) electrons. The molecule has 116 valence electrons. The number of nitrogens with zero attached hydrogens (tertiary/aromatic N) is 1. The summed E-state index contributed by atoms with van der Waals surface area (Å²) in [7, 11) is -2.03. The van der Waals surface area contributed by atoms with Gasteiger partial charge in [0.05, 0.1) is 11.4 Å². The maximum Gasteiger partial charge on any atom is 0.240 e. The van der Waals surface area contributed by atoms with Gasteiger partial charge in [0.2, 0.25) is 10.0 Å². The molecule has 0 bridgehead atoms. The molecule has 0 atom stereocenters. The van der Waals surface area contributed by atoms with Crippen LogP contribution in [0.2, 0.25) is 0 Å². The van der Waals surface area contributed by atoms with Gasteiger partial charge < -0.3 is 11.1 Å². The van der Waals surface area contributed by atoms with Crippen molar-refractivity contribution in [2.75, 3.05) is 13.6 Å². The molecule has 6 nitrogen and oxygen atoms in total. The summed E-state index contributed by atoms with van der Waals surface area (Å²) in [5.41, 5.74) is 6.61. The molecule has 1 aliphatic carbocycles. The lowest BCUT2D eigenvalue weighted by Crippen LogP contribution is -2.37. The average molecular weight is 310 g/mol. The zero-order chi connectivity index (χ0) is 15.3. The average Bonchev–Trinajstić information content (AvgIpc) is 2.44. The number of nitrogens with two attached hydrogens (primary N) is 1. The van der Waals surface area contributed by atoms with Crippen LogP contribution in [0, 0.1) is 5.92 Å². The number of benzene rings is 1. The molecule has 1 fully saturated rings. The van der Waals surface area contributed by atoms with Gasteiger partial charge in [-0.05, 0) is 43.5 Å². The van der Waals surface area contributed by atoms with Gasteiger partial charge in [-0.2, -0.15) is 0 Å². The van der Waals surface area contributed by atoms with Gasteiger partial charge in [0.15, 0.2) is 5.96 Å². The normalized spacial score (nSPS) is 16.5. The summed E-state index contributed by atoms with van der Waals surface area (Å²) >= 11 is 0. The van der Waals surface area contributed by atoms with E-state index in [1.165, 1.54) is 26.3 Å². The minimum absolute atomic E-state index is 0.235. The van der Waals surface area contributed by atoms with E-state index in [1.54, 1.807) is 18.2 Å². The third kappa shape index (κ3) is 4.44. The Hall–Kier alpha value is -1.60. The van der Waals surface area contributed by atoms with E-state index in [9.17, 15) is 8.42 Å². The van der Waals surface area contributed by atoms with E-state index in [4.69, 9.17) is 5.73 Å². The van der Waals surface area contributed by atoms with Crippen molar-refractivity contribution in [2.24, 2.45) is 16.6 Å².